The summed E-state index contributed by atoms with van der Waals surface area (Å²) in [5, 5.41) is 2.79. The minimum Gasteiger partial charge on any atom is -0.389 e. The van der Waals surface area contributed by atoms with Crippen LogP contribution in [-0.4, -0.2) is 22.4 Å². The highest BCUT2D eigenvalue weighted by Crippen LogP contribution is 2.02. The number of carbonyl (C=O) groups excluding carboxylic acids is 1. The zero-order chi connectivity index (χ0) is 7.56. The fourth-order valence-electron chi connectivity index (χ4n) is 0.675. The minimum absolute atomic E-state index is 0.186. The van der Waals surface area contributed by atoms with Gasteiger partial charge in [0.15, 0.2) is 0 Å². The molecule has 10 heavy (non-hydrogen) atoms. The molecule has 1 rings (SSSR count). The average Bonchev–Trinajstić information content (AvgIpc) is 1.88. The van der Waals surface area contributed by atoms with Gasteiger partial charge < -0.3 is 11.1 Å². The maximum Gasteiger partial charge on any atom is 0.259 e. The molecule has 0 aromatic rings. The van der Waals surface area contributed by atoms with Crippen LogP contribution in [0.4, 0.5) is 0 Å². The normalized spacial score (nSPS) is 24.8. The lowest BCUT2D eigenvalue weighted by Gasteiger charge is -2.10. The largest absolute Gasteiger partial charge is 0.389 e. The molecule has 1 heterocycles. The van der Waals surface area contributed by atoms with E-state index in [2.05, 4.69) is 5.32 Å². The van der Waals surface area contributed by atoms with Crippen LogP contribution in [-0.2, 0) is 15.6 Å². The summed E-state index contributed by atoms with van der Waals surface area (Å²) in [6.45, 7) is 0.642. The molecule has 0 bridgehead atoms. The summed E-state index contributed by atoms with van der Waals surface area (Å²) in [6, 6.07) is 0. The molecule has 4 nitrogen and oxygen atoms in total. The predicted octanol–water partition coefficient (Wildman–Crippen LogP) is -1.33. The van der Waals surface area contributed by atoms with E-state index in [0.29, 0.717) is 12.3 Å². The SMILES string of the molecule is NC(=O)C1=CNCCS1=O. The van der Waals surface area contributed by atoms with Gasteiger partial charge in [0, 0.05) is 18.5 Å². The van der Waals surface area contributed by atoms with Gasteiger partial charge in [0.25, 0.3) is 5.91 Å². The van der Waals surface area contributed by atoms with Gasteiger partial charge in [-0.2, -0.15) is 0 Å². The highest BCUT2D eigenvalue weighted by atomic mass is 32.2. The van der Waals surface area contributed by atoms with Crippen LogP contribution in [0.2, 0.25) is 0 Å². The highest BCUT2D eigenvalue weighted by Gasteiger charge is 2.15. The Labute approximate surface area is 60.9 Å². The van der Waals surface area contributed by atoms with Crippen molar-refractivity contribution in [3.05, 3.63) is 11.1 Å². The van der Waals surface area contributed by atoms with E-state index in [1.807, 2.05) is 0 Å². The zero-order valence-electron chi connectivity index (χ0n) is 5.29. The Hall–Kier alpha value is -0.840. The molecule has 1 unspecified atom stereocenters. The van der Waals surface area contributed by atoms with Crippen LogP contribution in [0.1, 0.15) is 0 Å². The van der Waals surface area contributed by atoms with Crippen molar-refractivity contribution < 1.29 is 9.00 Å². The van der Waals surface area contributed by atoms with Gasteiger partial charge in [0.2, 0.25) is 0 Å². The summed E-state index contributed by atoms with van der Waals surface area (Å²) in [5.74, 6) is -0.139. The molecule has 1 atom stereocenters. The number of carbonyl (C=O) groups is 1. The van der Waals surface area contributed by atoms with Crippen molar-refractivity contribution in [2.45, 2.75) is 0 Å². The molecule has 0 aliphatic carbocycles. The number of primary amides is 1. The fourth-order valence-corrected chi connectivity index (χ4v) is 1.64. The number of nitrogens with one attached hydrogen (secondary N) is 1. The maximum atomic E-state index is 10.9. The molecule has 0 spiro atoms. The first-order chi connectivity index (χ1) is 4.72. The van der Waals surface area contributed by atoms with Crippen LogP contribution in [0.3, 0.4) is 0 Å². The van der Waals surface area contributed by atoms with E-state index in [1.165, 1.54) is 6.20 Å². The van der Waals surface area contributed by atoms with Gasteiger partial charge in [-0.15, -0.1) is 0 Å². The molecular weight excluding hydrogens is 152 g/mol. The molecule has 0 aromatic carbocycles. The second-order valence-electron chi connectivity index (χ2n) is 1.88. The van der Waals surface area contributed by atoms with Gasteiger partial charge in [0.05, 0.1) is 10.8 Å². The van der Waals surface area contributed by atoms with Crippen molar-refractivity contribution in [2.24, 2.45) is 5.73 Å². The van der Waals surface area contributed by atoms with E-state index >= 15 is 0 Å². The fraction of sp³-hybridized carbons (Fsp3) is 0.400. The zero-order valence-corrected chi connectivity index (χ0v) is 6.11. The van der Waals surface area contributed by atoms with Crippen molar-refractivity contribution in [1.29, 1.82) is 0 Å². The van der Waals surface area contributed by atoms with Crippen LogP contribution in [0.5, 0.6) is 0 Å². The molecule has 0 radical (unpaired) electrons. The second kappa shape index (κ2) is 2.83. The van der Waals surface area contributed by atoms with Gasteiger partial charge in [-0.05, 0) is 0 Å². The Morgan fingerprint density at radius 1 is 1.80 bits per heavy atom. The van der Waals surface area contributed by atoms with Gasteiger partial charge in [-0.25, -0.2) is 0 Å². The van der Waals surface area contributed by atoms with Crippen LogP contribution < -0.4 is 11.1 Å². The maximum absolute atomic E-state index is 10.9. The number of hydrogen-bond acceptors (Lipinski definition) is 3. The lowest BCUT2D eigenvalue weighted by atomic mass is 10.5. The molecule has 0 saturated heterocycles. The lowest BCUT2D eigenvalue weighted by Crippen LogP contribution is -2.29. The number of amides is 1. The van der Waals surface area contributed by atoms with Crippen molar-refractivity contribution in [3.8, 4) is 0 Å². The van der Waals surface area contributed by atoms with E-state index in [0.717, 1.165) is 0 Å². The van der Waals surface area contributed by atoms with Gasteiger partial charge in [-0.3, -0.25) is 9.00 Å². The van der Waals surface area contributed by atoms with Crippen molar-refractivity contribution in [1.82, 2.24) is 5.32 Å². The molecule has 0 fully saturated rings. The third kappa shape index (κ3) is 1.36. The van der Waals surface area contributed by atoms with Gasteiger partial charge >= 0.3 is 0 Å². The van der Waals surface area contributed by atoms with Crippen LogP contribution in [0.15, 0.2) is 11.1 Å². The quantitative estimate of drug-likeness (QED) is 0.499. The topological polar surface area (TPSA) is 72.2 Å². The van der Waals surface area contributed by atoms with E-state index in [1.54, 1.807) is 0 Å². The lowest BCUT2D eigenvalue weighted by molar-refractivity contribution is -0.113. The summed E-state index contributed by atoms with van der Waals surface area (Å²) in [5.41, 5.74) is 4.92. The van der Waals surface area contributed by atoms with E-state index in [-0.39, 0.29) is 4.91 Å². The number of nitrogens with two attached hydrogens (primary N) is 1. The molecular formula is C5H8N2O2S. The van der Waals surface area contributed by atoms with Crippen LogP contribution in [0, 0.1) is 0 Å². The third-order valence-corrected chi connectivity index (χ3v) is 2.54. The molecule has 56 valence electrons. The van der Waals surface area contributed by atoms with Crippen molar-refractivity contribution in [2.75, 3.05) is 12.3 Å². The summed E-state index contributed by atoms with van der Waals surface area (Å²) < 4.78 is 10.9. The summed E-state index contributed by atoms with van der Waals surface area (Å²) in [4.78, 5) is 10.7. The number of rotatable bonds is 1. The van der Waals surface area contributed by atoms with Gasteiger partial charge in [-0.1, -0.05) is 0 Å². The van der Waals surface area contributed by atoms with Crippen molar-refractivity contribution in [3.63, 3.8) is 0 Å². The highest BCUT2D eigenvalue weighted by molar-refractivity contribution is 7.90. The van der Waals surface area contributed by atoms with Crippen molar-refractivity contribution >= 4 is 16.7 Å². The Morgan fingerprint density at radius 2 is 2.50 bits per heavy atom. The van der Waals surface area contributed by atoms with Gasteiger partial charge in [0.1, 0.15) is 4.91 Å². The monoisotopic (exact) mass is 160 g/mol. The molecule has 5 heteroatoms. The van der Waals surface area contributed by atoms with Crippen LogP contribution >= 0.6 is 0 Å². The second-order valence-corrected chi connectivity index (χ2v) is 3.42. The standard InChI is InChI=1S/C5H8N2O2S/c6-5(8)4-3-7-1-2-10(4)9/h3,7H,1-2H2,(H2,6,8). The Balaban J connectivity index is 2.81. The number of hydrogen-bond donors (Lipinski definition) is 2. The Bertz CT molecular complexity index is 212. The van der Waals surface area contributed by atoms with E-state index < -0.39 is 16.7 Å². The van der Waals surface area contributed by atoms with E-state index in [4.69, 9.17) is 5.73 Å². The molecule has 1 aliphatic heterocycles. The smallest absolute Gasteiger partial charge is 0.259 e. The van der Waals surface area contributed by atoms with E-state index in [9.17, 15) is 9.00 Å². The Morgan fingerprint density at radius 3 is 2.90 bits per heavy atom. The average molecular weight is 160 g/mol. The predicted molar refractivity (Wildman–Crippen MR) is 38.3 cm³/mol. The first-order valence-corrected chi connectivity index (χ1v) is 4.15. The first kappa shape index (κ1) is 7.27. The molecule has 0 saturated carbocycles. The summed E-state index contributed by atoms with van der Waals surface area (Å²) in [7, 11) is -1.18. The Kier molecular flexibility index (Phi) is 2.06. The summed E-state index contributed by atoms with van der Waals surface area (Å²) >= 11 is 0. The first-order valence-electron chi connectivity index (χ1n) is 2.83. The molecule has 0 aromatic heterocycles. The molecule has 3 N–H and O–H groups in total. The summed E-state index contributed by atoms with van der Waals surface area (Å²) in [6.07, 6.45) is 1.42. The molecule has 1 amide bonds. The third-order valence-electron chi connectivity index (χ3n) is 1.15. The minimum atomic E-state index is -1.18. The molecule has 1 aliphatic rings. The van der Waals surface area contributed by atoms with Crippen LogP contribution in [0.25, 0.3) is 0 Å².